The Morgan fingerprint density at radius 2 is 1.85 bits per heavy atom. The van der Waals surface area contributed by atoms with E-state index in [1.54, 1.807) is 10.4 Å². The zero-order valence-electron chi connectivity index (χ0n) is 15.5. The molecule has 0 aromatic heterocycles. The monoisotopic (exact) mass is 373 g/mol. The average molecular weight is 373 g/mol. The van der Waals surface area contributed by atoms with Gasteiger partial charge in [-0.25, -0.2) is 5.48 Å². The molecule has 3 amide bonds. The molecular weight excluding hydrogens is 346 g/mol. The molecule has 3 rings (SSSR count). The molecule has 7 heteroatoms. The Morgan fingerprint density at radius 1 is 1.11 bits per heavy atom. The van der Waals surface area contributed by atoms with E-state index in [1.165, 1.54) is 0 Å². The van der Waals surface area contributed by atoms with Crippen molar-refractivity contribution in [2.75, 3.05) is 11.4 Å². The Morgan fingerprint density at radius 3 is 2.67 bits per heavy atom. The number of nitrogens with zero attached hydrogens (tertiary/aromatic N) is 2. The van der Waals surface area contributed by atoms with Crippen molar-refractivity contribution in [3.8, 4) is 0 Å². The van der Waals surface area contributed by atoms with Gasteiger partial charge in [0.25, 0.3) is 0 Å². The number of fused-ring (bicyclic) bond motifs is 2. The maximum Gasteiger partial charge on any atom is 0.249 e. The van der Waals surface area contributed by atoms with Crippen LogP contribution in [0.4, 0.5) is 5.69 Å². The molecule has 0 radical (unpaired) electrons. The molecule has 0 unspecified atom stereocenters. The molecule has 0 saturated carbocycles. The Bertz CT molecular complexity index is 706. The van der Waals surface area contributed by atoms with Gasteiger partial charge in [-0.2, -0.15) is 0 Å². The molecule has 1 aromatic rings. The highest BCUT2D eigenvalue weighted by atomic mass is 16.5. The fraction of sp³-hybridized carbons (Fsp3) is 0.550. The van der Waals surface area contributed by atoms with Gasteiger partial charge < -0.3 is 9.80 Å². The highest BCUT2D eigenvalue weighted by Gasteiger charge is 2.41. The van der Waals surface area contributed by atoms with Crippen molar-refractivity contribution in [1.82, 2.24) is 10.4 Å². The molecule has 2 N–H and O–H groups in total. The third kappa shape index (κ3) is 4.47. The number of rotatable bonds is 8. The van der Waals surface area contributed by atoms with E-state index >= 15 is 0 Å². The maximum atomic E-state index is 13.1. The summed E-state index contributed by atoms with van der Waals surface area (Å²) < 4.78 is 0. The van der Waals surface area contributed by atoms with Gasteiger partial charge in [0.05, 0.1) is 0 Å². The average Bonchev–Trinajstić information content (AvgIpc) is 2.98. The summed E-state index contributed by atoms with van der Waals surface area (Å²) in [6.07, 6.45) is 5.90. The van der Waals surface area contributed by atoms with Gasteiger partial charge in [-0.15, -0.1) is 0 Å². The normalized spacial score (nSPS) is 18.9. The van der Waals surface area contributed by atoms with Crippen molar-refractivity contribution >= 4 is 23.4 Å². The van der Waals surface area contributed by atoms with E-state index in [0.717, 1.165) is 43.4 Å². The van der Waals surface area contributed by atoms with Gasteiger partial charge in [0.1, 0.15) is 6.04 Å². The second kappa shape index (κ2) is 8.99. The lowest BCUT2D eigenvalue weighted by molar-refractivity contribution is -0.134. The molecule has 0 aliphatic carbocycles. The van der Waals surface area contributed by atoms with Crippen LogP contribution in [0.2, 0.25) is 0 Å². The van der Waals surface area contributed by atoms with E-state index in [2.05, 4.69) is 0 Å². The van der Waals surface area contributed by atoms with Crippen molar-refractivity contribution < 1.29 is 19.6 Å². The molecule has 146 valence electrons. The molecule has 1 atom stereocenters. The number of carbonyl (C=O) groups is 3. The van der Waals surface area contributed by atoms with Crippen molar-refractivity contribution in [3.05, 3.63) is 29.8 Å². The molecule has 0 bridgehead atoms. The van der Waals surface area contributed by atoms with E-state index in [1.807, 2.05) is 29.2 Å². The first kappa shape index (κ1) is 19.4. The van der Waals surface area contributed by atoms with Gasteiger partial charge in [0, 0.05) is 31.6 Å². The lowest BCUT2D eigenvalue weighted by Crippen LogP contribution is -2.44. The van der Waals surface area contributed by atoms with Gasteiger partial charge >= 0.3 is 0 Å². The van der Waals surface area contributed by atoms with Crippen LogP contribution in [-0.2, 0) is 20.9 Å². The minimum Gasteiger partial charge on any atom is -0.326 e. The lowest BCUT2D eigenvalue weighted by Gasteiger charge is -2.26. The van der Waals surface area contributed by atoms with Gasteiger partial charge in [-0.3, -0.25) is 19.6 Å². The summed E-state index contributed by atoms with van der Waals surface area (Å²) >= 11 is 0. The fourth-order valence-corrected chi connectivity index (χ4v) is 3.95. The molecule has 1 saturated heterocycles. The number of carbonyl (C=O) groups excluding carboxylic acids is 3. The van der Waals surface area contributed by atoms with Crippen LogP contribution in [0.25, 0.3) is 0 Å². The largest absolute Gasteiger partial charge is 0.326 e. The first-order chi connectivity index (χ1) is 13.1. The standard InChI is InChI=1S/C20H27N3O4/c24-18(21-27)10-4-2-1-3-7-13-22-16-9-6-5-8-15(16)14-23-17(20(22)26)11-12-19(23)25/h5-6,8-9,17,27H,1-4,7,10-14H2,(H,21,24)/t17-/m0/s1. The van der Waals surface area contributed by atoms with Crippen LogP contribution in [0.1, 0.15) is 56.9 Å². The first-order valence-corrected chi connectivity index (χ1v) is 9.73. The minimum atomic E-state index is -0.350. The van der Waals surface area contributed by atoms with Crippen molar-refractivity contribution in [1.29, 1.82) is 0 Å². The summed E-state index contributed by atoms with van der Waals surface area (Å²) in [5.74, 6) is -0.250. The van der Waals surface area contributed by atoms with Gasteiger partial charge in [-0.1, -0.05) is 37.5 Å². The zero-order valence-corrected chi connectivity index (χ0v) is 15.5. The fourth-order valence-electron chi connectivity index (χ4n) is 3.95. The molecule has 1 aromatic carbocycles. The molecule has 2 heterocycles. The topological polar surface area (TPSA) is 90.0 Å². The quantitative estimate of drug-likeness (QED) is 0.416. The number of anilines is 1. The Kier molecular flexibility index (Phi) is 6.45. The van der Waals surface area contributed by atoms with E-state index in [0.29, 0.717) is 32.4 Å². The van der Waals surface area contributed by atoms with Crippen molar-refractivity contribution in [3.63, 3.8) is 0 Å². The molecule has 7 nitrogen and oxygen atoms in total. The van der Waals surface area contributed by atoms with Crippen molar-refractivity contribution in [2.24, 2.45) is 0 Å². The number of amides is 3. The summed E-state index contributed by atoms with van der Waals surface area (Å²) in [5, 5.41) is 8.47. The maximum absolute atomic E-state index is 13.1. The van der Waals surface area contributed by atoms with E-state index in [4.69, 9.17) is 5.21 Å². The number of hydroxylamine groups is 1. The summed E-state index contributed by atoms with van der Waals surface area (Å²) in [5.41, 5.74) is 3.59. The highest BCUT2D eigenvalue weighted by Crippen LogP contribution is 2.33. The Balaban J connectivity index is 1.56. The third-order valence-corrected chi connectivity index (χ3v) is 5.41. The summed E-state index contributed by atoms with van der Waals surface area (Å²) in [6.45, 7) is 1.15. The van der Waals surface area contributed by atoms with Crippen LogP contribution < -0.4 is 10.4 Å². The highest BCUT2D eigenvalue weighted by molar-refractivity contribution is 6.02. The van der Waals surface area contributed by atoms with Crippen molar-refractivity contribution in [2.45, 2.75) is 64.0 Å². The predicted octanol–water partition coefficient (Wildman–Crippen LogP) is 2.37. The van der Waals surface area contributed by atoms with Crippen LogP contribution in [0.5, 0.6) is 0 Å². The van der Waals surface area contributed by atoms with Crippen LogP contribution in [0.3, 0.4) is 0 Å². The number of hydrogen-bond donors (Lipinski definition) is 2. The summed E-state index contributed by atoms with van der Waals surface area (Å²) in [6, 6.07) is 7.51. The Labute approximate surface area is 159 Å². The third-order valence-electron chi connectivity index (χ3n) is 5.41. The lowest BCUT2D eigenvalue weighted by atomic mass is 10.1. The second-order valence-corrected chi connectivity index (χ2v) is 7.25. The minimum absolute atomic E-state index is 0.0328. The van der Waals surface area contributed by atoms with Gasteiger partial charge in [0.2, 0.25) is 17.7 Å². The van der Waals surface area contributed by atoms with E-state index < -0.39 is 0 Å². The number of hydrogen-bond acceptors (Lipinski definition) is 4. The van der Waals surface area contributed by atoms with Crippen LogP contribution in [0.15, 0.2) is 24.3 Å². The molecule has 0 spiro atoms. The molecule has 2 aliphatic heterocycles. The molecule has 27 heavy (non-hydrogen) atoms. The molecular formula is C20H27N3O4. The van der Waals surface area contributed by atoms with Crippen LogP contribution in [-0.4, -0.2) is 40.4 Å². The zero-order chi connectivity index (χ0) is 19.2. The van der Waals surface area contributed by atoms with Gasteiger partial charge in [-0.05, 0) is 30.9 Å². The molecule has 2 aliphatic rings. The number of unbranched alkanes of at least 4 members (excludes halogenated alkanes) is 4. The number of nitrogens with one attached hydrogen (secondary N) is 1. The number of para-hydroxylation sites is 1. The summed E-state index contributed by atoms with van der Waals surface area (Å²) in [7, 11) is 0. The van der Waals surface area contributed by atoms with E-state index in [9.17, 15) is 14.4 Å². The smallest absolute Gasteiger partial charge is 0.249 e. The second-order valence-electron chi connectivity index (χ2n) is 7.25. The first-order valence-electron chi connectivity index (χ1n) is 9.73. The predicted molar refractivity (Wildman–Crippen MR) is 100.0 cm³/mol. The summed E-state index contributed by atoms with van der Waals surface area (Å²) in [4.78, 5) is 39.8. The molecule has 1 fully saturated rings. The van der Waals surface area contributed by atoms with Crippen LogP contribution in [0, 0.1) is 0 Å². The van der Waals surface area contributed by atoms with E-state index in [-0.39, 0.29) is 23.8 Å². The van der Waals surface area contributed by atoms with Gasteiger partial charge in [0.15, 0.2) is 0 Å². The Hall–Kier alpha value is -2.41. The SMILES string of the molecule is O=C(CCCCCCCN1C(=O)[C@@H]2CCC(=O)N2Cc2ccccc21)NO. The number of benzene rings is 1. The van der Waals surface area contributed by atoms with Crippen LogP contribution >= 0.6 is 0 Å².